The molecule has 0 heterocycles. The minimum Gasteiger partial charge on any atom is -0.330 e. The maximum absolute atomic E-state index is 6.40. The van der Waals surface area contributed by atoms with Crippen molar-refractivity contribution in [2.45, 2.75) is 118 Å². The van der Waals surface area contributed by atoms with E-state index in [0.717, 1.165) is 30.7 Å². The second kappa shape index (κ2) is 13.3. The van der Waals surface area contributed by atoms with Crippen LogP contribution < -0.4 is 16.8 Å². The van der Waals surface area contributed by atoms with Gasteiger partial charge in [-0.25, -0.2) is 0 Å². The summed E-state index contributed by atoms with van der Waals surface area (Å²) >= 11 is 0. The summed E-state index contributed by atoms with van der Waals surface area (Å²) in [5.74, 6) is 4.97. The summed E-state index contributed by atoms with van der Waals surface area (Å²) < 4.78 is 0. The van der Waals surface area contributed by atoms with Crippen LogP contribution in [0.15, 0.2) is 0 Å². The first kappa shape index (κ1) is 26.9. The molecular formula is C26H55N3. The van der Waals surface area contributed by atoms with Gasteiger partial charge in [-0.05, 0) is 80.6 Å². The van der Waals surface area contributed by atoms with Crippen molar-refractivity contribution in [3.05, 3.63) is 0 Å². The Bertz CT molecular complexity index is 420. The fraction of sp³-hybridized carbons (Fsp3) is 1.00. The lowest BCUT2D eigenvalue weighted by Crippen LogP contribution is -2.53. The Balaban J connectivity index is 2.99. The van der Waals surface area contributed by atoms with Crippen LogP contribution in [0.2, 0.25) is 0 Å². The molecule has 3 nitrogen and oxygen atoms in total. The van der Waals surface area contributed by atoms with E-state index in [1.807, 2.05) is 0 Å². The van der Waals surface area contributed by atoms with Crippen LogP contribution in [-0.2, 0) is 0 Å². The Morgan fingerprint density at radius 3 is 2.17 bits per heavy atom. The lowest BCUT2D eigenvalue weighted by molar-refractivity contribution is 0.104. The van der Waals surface area contributed by atoms with Crippen molar-refractivity contribution in [3.8, 4) is 0 Å². The van der Waals surface area contributed by atoms with Crippen LogP contribution in [0.4, 0.5) is 0 Å². The van der Waals surface area contributed by atoms with E-state index in [0.29, 0.717) is 41.8 Å². The molecule has 0 aliphatic heterocycles. The Hall–Kier alpha value is -0.120. The van der Waals surface area contributed by atoms with Gasteiger partial charge in [-0.2, -0.15) is 0 Å². The SMILES string of the molecule is CCCCC(C(C)C)C(C)C(CC(CC)CN)C(C)NC1CC(N)CC(C)C1C. The summed E-state index contributed by atoms with van der Waals surface area (Å²) in [7, 11) is 0. The molecule has 174 valence electrons. The summed E-state index contributed by atoms with van der Waals surface area (Å²) in [4.78, 5) is 0. The highest BCUT2D eigenvalue weighted by Crippen LogP contribution is 2.38. The second-order valence-corrected chi connectivity index (χ2v) is 10.9. The van der Waals surface area contributed by atoms with Crippen molar-refractivity contribution in [3.63, 3.8) is 0 Å². The van der Waals surface area contributed by atoms with Crippen molar-refractivity contribution in [1.29, 1.82) is 0 Å². The molecule has 5 N–H and O–H groups in total. The van der Waals surface area contributed by atoms with Gasteiger partial charge < -0.3 is 16.8 Å². The van der Waals surface area contributed by atoms with E-state index in [2.05, 4.69) is 60.7 Å². The third kappa shape index (κ3) is 8.15. The molecule has 0 aromatic carbocycles. The zero-order chi connectivity index (χ0) is 22.1. The maximum Gasteiger partial charge on any atom is 0.0113 e. The number of hydrogen-bond donors (Lipinski definition) is 3. The van der Waals surface area contributed by atoms with Gasteiger partial charge in [0.05, 0.1) is 0 Å². The standard InChI is InChI=1S/C26H55N3/c1-9-11-12-24(17(3)4)20(7)25(14-22(10-2)16-27)21(8)29-26-15-23(28)13-18(5)19(26)6/h17-26,29H,9-16,27-28H2,1-8H3. The lowest BCUT2D eigenvalue weighted by atomic mass is 9.69. The number of nitrogens with two attached hydrogens (primary N) is 2. The average molecular weight is 410 g/mol. The minimum atomic E-state index is 0.349. The first-order chi connectivity index (χ1) is 13.7. The van der Waals surface area contributed by atoms with Crippen molar-refractivity contribution in [2.24, 2.45) is 52.9 Å². The van der Waals surface area contributed by atoms with Crippen LogP contribution in [-0.4, -0.2) is 24.7 Å². The molecule has 1 saturated carbocycles. The molecule has 9 atom stereocenters. The van der Waals surface area contributed by atoms with Crippen LogP contribution in [0.25, 0.3) is 0 Å². The van der Waals surface area contributed by atoms with Crippen molar-refractivity contribution in [2.75, 3.05) is 6.54 Å². The summed E-state index contributed by atoms with van der Waals surface area (Å²) in [6.45, 7) is 20.1. The zero-order valence-corrected chi connectivity index (χ0v) is 21.1. The molecule has 3 heteroatoms. The van der Waals surface area contributed by atoms with E-state index >= 15 is 0 Å². The fourth-order valence-electron chi connectivity index (χ4n) is 6.06. The van der Waals surface area contributed by atoms with Crippen LogP contribution in [0.3, 0.4) is 0 Å². The Morgan fingerprint density at radius 1 is 1.00 bits per heavy atom. The number of rotatable bonds is 13. The highest BCUT2D eigenvalue weighted by atomic mass is 15.0. The first-order valence-electron chi connectivity index (χ1n) is 12.9. The molecule has 0 aromatic rings. The first-order valence-corrected chi connectivity index (χ1v) is 12.9. The smallest absolute Gasteiger partial charge is 0.0113 e. The van der Waals surface area contributed by atoms with E-state index in [1.165, 1.54) is 38.5 Å². The van der Waals surface area contributed by atoms with Gasteiger partial charge in [0.25, 0.3) is 0 Å². The molecule has 29 heavy (non-hydrogen) atoms. The van der Waals surface area contributed by atoms with Crippen LogP contribution in [0.1, 0.15) is 100 Å². The predicted octanol–water partition coefficient (Wildman–Crippen LogP) is 5.82. The van der Waals surface area contributed by atoms with Gasteiger partial charge in [0, 0.05) is 18.1 Å². The molecule has 1 rings (SSSR count). The van der Waals surface area contributed by atoms with E-state index in [-0.39, 0.29) is 0 Å². The monoisotopic (exact) mass is 409 g/mol. The summed E-state index contributed by atoms with van der Waals surface area (Å²) in [5.41, 5.74) is 12.6. The molecule has 0 saturated heterocycles. The van der Waals surface area contributed by atoms with Crippen molar-refractivity contribution in [1.82, 2.24) is 5.32 Å². The van der Waals surface area contributed by atoms with Gasteiger partial charge in [-0.3, -0.25) is 0 Å². The maximum atomic E-state index is 6.40. The molecule has 1 aliphatic rings. The van der Waals surface area contributed by atoms with E-state index in [1.54, 1.807) is 0 Å². The highest BCUT2D eigenvalue weighted by molar-refractivity contribution is 4.92. The van der Waals surface area contributed by atoms with E-state index < -0.39 is 0 Å². The predicted molar refractivity (Wildman–Crippen MR) is 130 cm³/mol. The third-order valence-electron chi connectivity index (χ3n) is 8.50. The highest BCUT2D eigenvalue weighted by Gasteiger charge is 2.36. The topological polar surface area (TPSA) is 64.1 Å². The third-order valence-corrected chi connectivity index (χ3v) is 8.50. The molecule has 0 amide bonds. The van der Waals surface area contributed by atoms with Gasteiger partial charge in [0.2, 0.25) is 0 Å². The number of unbranched alkanes of at least 4 members (excludes halogenated alkanes) is 1. The fourth-order valence-corrected chi connectivity index (χ4v) is 6.06. The van der Waals surface area contributed by atoms with E-state index in [9.17, 15) is 0 Å². The van der Waals surface area contributed by atoms with Gasteiger partial charge in [0.15, 0.2) is 0 Å². The van der Waals surface area contributed by atoms with Gasteiger partial charge in [-0.15, -0.1) is 0 Å². The summed E-state index contributed by atoms with van der Waals surface area (Å²) in [5, 5.41) is 4.09. The summed E-state index contributed by atoms with van der Waals surface area (Å²) in [6.07, 6.45) is 8.74. The molecule has 0 spiro atoms. The molecule has 0 bridgehead atoms. The quantitative estimate of drug-likeness (QED) is 0.359. The van der Waals surface area contributed by atoms with E-state index in [4.69, 9.17) is 11.5 Å². The molecular weight excluding hydrogens is 354 g/mol. The minimum absolute atomic E-state index is 0.349. The molecule has 1 fully saturated rings. The Kier molecular flexibility index (Phi) is 12.4. The molecule has 0 radical (unpaired) electrons. The van der Waals surface area contributed by atoms with Crippen LogP contribution in [0, 0.1) is 41.4 Å². The normalized spacial score (nSPS) is 30.7. The van der Waals surface area contributed by atoms with Crippen LogP contribution in [0.5, 0.6) is 0 Å². The van der Waals surface area contributed by atoms with Gasteiger partial charge in [-0.1, -0.05) is 67.7 Å². The average Bonchev–Trinajstić information content (AvgIpc) is 2.66. The summed E-state index contributed by atoms with van der Waals surface area (Å²) in [6, 6.07) is 1.41. The lowest BCUT2D eigenvalue weighted by Gasteiger charge is -2.44. The number of hydrogen-bond acceptors (Lipinski definition) is 3. The Labute approximate surface area is 183 Å². The zero-order valence-electron chi connectivity index (χ0n) is 21.1. The molecule has 9 unspecified atom stereocenters. The van der Waals surface area contributed by atoms with Crippen LogP contribution >= 0.6 is 0 Å². The van der Waals surface area contributed by atoms with Gasteiger partial charge in [0.1, 0.15) is 0 Å². The number of nitrogens with one attached hydrogen (secondary N) is 1. The largest absolute Gasteiger partial charge is 0.330 e. The Morgan fingerprint density at radius 2 is 1.66 bits per heavy atom. The molecule has 1 aliphatic carbocycles. The van der Waals surface area contributed by atoms with Gasteiger partial charge >= 0.3 is 0 Å². The van der Waals surface area contributed by atoms with Crippen molar-refractivity contribution >= 4 is 0 Å². The second-order valence-electron chi connectivity index (χ2n) is 10.9. The molecule has 0 aromatic heterocycles. The van der Waals surface area contributed by atoms with Crippen molar-refractivity contribution < 1.29 is 0 Å².